The molecule has 15 nitrogen and oxygen atoms in total. The Balaban J connectivity index is 0.979. The summed E-state index contributed by atoms with van der Waals surface area (Å²) in [5.74, 6) is -0.977. The van der Waals surface area contributed by atoms with Gasteiger partial charge in [0.25, 0.3) is 0 Å². The number of nitrogens with one attached hydrogen (secondary N) is 2. The SMILES string of the molecule is Cn1c(=O)n(C2CCC(=O)NC2=O)c2ccc(CN3CC[C@@H](C[C@@H]4CCN(C(=O)[C@@H](NC(=O)OCc5ccccc5)C(C)(C)C)C4C(=O)N4CCO[C@H](c5ccccc5)C4)C3)cc21. The number of amides is 5. The molecular formula is C48H59N7O8. The number of fused-ring (bicyclic) bond motifs is 1. The summed E-state index contributed by atoms with van der Waals surface area (Å²) in [5.41, 5.74) is 3.26. The number of nitrogens with zero attached hydrogens (tertiary/aromatic N) is 5. The molecule has 0 aliphatic carbocycles. The van der Waals surface area contributed by atoms with E-state index in [-0.39, 0.29) is 60.8 Å². The van der Waals surface area contributed by atoms with Gasteiger partial charge >= 0.3 is 11.8 Å². The van der Waals surface area contributed by atoms with E-state index in [0.717, 1.165) is 48.1 Å². The second-order valence-electron chi connectivity index (χ2n) is 18.7. The summed E-state index contributed by atoms with van der Waals surface area (Å²) in [5, 5.41) is 5.24. The van der Waals surface area contributed by atoms with Crippen LogP contribution in [-0.4, -0.2) is 105 Å². The molecule has 334 valence electrons. The van der Waals surface area contributed by atoms with Crippen molar-refractivity contribution in [1.29, 1.82) is 0 Å². The number of imide groups is 1. The summed E-state index contributed by atoms with van der Waals surface area (Å²) in [6.45, 7) is 9.69. The zero-order valence-corrected chi connectivity index (χ0v) is 36.7. The number of rotatable bonds is 11. The smallest absolute Gasteiger partial charge is 0.408 e. The fourth-order valence-corrected chi connectivity index (χ4v) is 9.96. The minimum atomic E-state index is -0.934. The van der Waals surface area contributed by atoms with Crippen LogP contribution in [0.5, 0.6) is 0 Å². The van der Waals surface area contributed by atoms with E-state index in [1.54, 1.807) is 16.5 Å². The summed E-state index contributed by atoms with van der Waals surface area (Å²) in [6, 6.07) is 22.8. The zero-order valence-electron chi connectivity index (χ0n) is 36.7. The average molecular weight is 862 g/mol. The van der Waals surface area contributed by atoms with E-state index in [9.17, 15) is 28.8 Å². The Hall–Kier alpha value is -5.80. The van der Waals surface area contributed by atoms with Crippen molar-refractivity contribution in [1.82, 2.24) is 34.5 Å². The van der Waals surface area contributed by atoms with E-state index in [4.69, 9.17) is 9.47 Å². The van der Waals surface area contributed by atoms with Crippen molar-refractivity contribution in [2.24, 2.45) is 24.3 Å². The molecule has 4 aromatic rings. The number of piperidine rings is 1. The van der Waals surface area contributed by atoms with E-state index >= 15 is 0 Å². The van der Waals surface area contributed by atoms with Crippen LogP contribution in [0.3, 0.4) is 0 Å². The van der Waals surface area contributed by atoms with Crippen LogP contribution in [-0.2, 0) is 48.9 Å². The fourth-order valence-electron chi connectivity index (χ4n) is 9.96. The predicted octanol–water partition coefficient (Wildman–Crippen LogP) is 4.69. The Morgan fingerprint density at radius 1 is 0.873 bits per heavy atom. The monoisotopic (exact) mass is 861 g/mol. The van der Waals surface area contributed by atoms with Crippen LogP contribution in [0, 0.1) is 17.3 Å². The number of carbonyl (C=O) groups is 5. The molecule has 3 aromatic carbocycles. The van der Waals surface area contributed by atoms with Crippen molar-refractivity contribution in [2.45, 2.75) is 90.3 Å². The van der Waals surface area contributed by atoms with Crippen LogP contribution in [0.2, 0.25) is 0 Å². The molecule has 5 amide bonds. The van der Waals surface area contributed by atoms with Crippen LogP contribution in [0.15, 0.2) is 83.7 Å². The molecule has 1 aromatic heterocycles. The number of likely N-dealkylation sites (tertiary alicyclic amines) is 2. The standard InChI is InChI=1S/C48H59N7O8/c1-48(2,3)42(50-46(60)63-30-31-11-7-5-8-12-31)45(59)54-22-20-35(41(54)44(58)53-23-24-62-39(29-53)34-13-9-6-10-14-34)25-33-19-21-52(28-33)27-32-15-16-36-38(26-32)51(4)47(61)55(36)37-17-18-40(56)49-43(37)57/h5-16,26,33,35,37,39,41-42H,17-25,27-30H2,1-4H3,(H,50,60)(H,49,56,57)/t33-,35-,37?,39-,41?,42+/m0/s1. The van der Waals surface area contributed by atoms with E-state index in [2.05, 4.69) is 15.5 Å². The first-order chi connectivity index (χ1) is 30.2. The lowest BCUT2D eigenvalue weighted by Crippen LogP contribution is -2.59. The van der Waals surface area contributed by atoms with Crippen molar-refractivity contribution < 1.29 is 33.4 Å². The van der Waals surface area contributed by atoms with Gasteiger partial charge in [0.1, 0.15) is 30.8 Å². The summed E-state index contributed by atoms with van der Waals surface area (Å²) in [7, 11) is 1.70. The van der Waals surface area contributed by atoms with E-state index in [0.29, 0.717) is 44.7 Å². The van der Waals surface area contributed by atoms with Crippen LogP contribution >= 0.6 is 0 Å². The molecule has 0 saturated carbocycles. The number of imidazole rings is 1. The first-order valence-electron chi connectivity index (χ1n) is 22.2. The predicted molar refractivity (Wildman–Crippen MR) is 235 cm³/mol. The second kappa shape index (κ2) is 18.5. The van der Waals surface area contributed by atoms with Crippen LogP contribution in [0.1, 0.15) is 81.7 Å². The van der Waals surface area contributed by atoms with Gasteiger partial charge in [0.2, 0.25) is 23.6 Å². The number of alkyl carbamates (subject to hydrolysis) is 1. The first-order valence-corrected chi connectivity index (χ1v) is 22.2. The summed E-state index contributed by atoms with van der Waals surface area (Å²) < 4.78 is 14.8. The Kier molecular flexibility index (Phi) is 12.9. The number of ether oxygens (including phenoxy) is 2. The lowest BCUT2D eigenvalue weighted by atomic mass is 9.84. The molecule has 4 aliphatic heterocycles. The molecule has 0 spiro atoms. The number of benzene rings is 3. The van der Waals surface area contributed by atoms with E-state index in [1.165, 1.54) is 4.57 Å². The van der Waals surface area contributed by atoms with E-state index in [1.807, 2.05) is 105 Å². The van der Waals surface area contributed by atoms with Crippen molar-refractivity contribution in [3.63, 3.8) is 0 Å². The molecule has 15 heteroatoms. The van der Waals surface area contributed by atoms with E-state index < -0.39 is 35.5 Å². The van der Waals surface area contributed by atoms with Crippen molar-refractivity contribution in [2.75, 3.05) is 39.3 Å². The van der Waals surface area contributed by atoms with Gasteiger partial charge in [-0.05, 0) is 78.3 Å². The number of carbonyl (C=O) groups excluding carboxylic acids is 5. The zero-order chi connectivity index (χ0) is 44.4. The van der Waals surface area contributed by atoms with Gasteiger partial charge in [0, 0.05) is 39.6 Å². The van der Waals surface area contributed by atoms with Crippen LogP contribution in [0.4, 0.5) is 4.79 Å². The highest BCUT2D eigenvalue weighted by Gasteiger charge is 2.49. The second-order valence-corrected chi connectivity index (χ2v) is 18.7. The van der Waals surface area contributed by atoms with Gasteiger partial charge in [-0.25, -0.2) is 9.59 Å². The number of hydrogen-bond acceptors (Lipinski definition) is 9. The first kappa shape index (κ1) is 43.8. The summed E-state index contributed by atoms with van der Waals surface area (Å²) in [6.07, 6.45) is 1.85. The fraction of sp³-hybridized carbons (Fsp3) is 0.500. The van der Waals surface area contributed by atoms with Crippen molar-refractivity contribution in [3.8, 4) is 0 Å². The third kappa shape index (κ3) is 9.59. The molecule has 4 aliphatic rings. The lowest BCUT2D eigenvalue weighted by molar-refractivity contribution is -0.152. The van der Waals surface area contributed by atoms with Gasteiger partial charge in [-0.15, -0.1) is 0 Å². The molecule has 4 fully saturated rings. The normalized spacial score (nSPS) is 23.8. The maximum Gasteiger partial charge on any atom is 0.408 e. The Morgan fingerprint density at radius 2 is 1.62 bits per heavy atom. The molecule has 5 heterocycles. The van der Waals surface area contributed by atoms with Gasteiger partial charge in [-0.2, -0.15) is 0 Å². The maximum absolute atomic E-state index is 14.9. The quantitative estimate of drug-likeness (QED) is 0.204. The van der Waals surface area contributed by atoms with Gasteiger partial charge in [-0.1, -0.05) is 87.5 Å². The highest BCUT2D eigenvalue weighted by atomic mass is 16.5. The topological polar surface area (TPSA) is 165 Å². The molecule has 0 bridgehead atoms. The molecule has 2 N–H and O–H groups in total. The minimum absolute atomic E-state index is 0.0645. The van der Waals surface area contributed by atoms with Crippen LogP contribution in [0.25, 0.3) is 11.0 Å². The third-order valence-electron chi connectivity index (χ3n) is 13.3. The number of hydrogen-bond donors (Lipinski definition) is 2. The average Bonchev–Trinajstić information content (AvgIpc) is 3.97. The molecule has 0 radical (unpaired) electrons. The molecular weight excluding hydrogens is 803 g/mol. The third-order valence-corrected chi connectivity index (χ3v) is 13.3. The highest BCUT2D eigenvalue weighted by molar-refractivity contribution is 6.00. The van der Waals surface area contributed by atoms with Crippen LogP contribution < -0.4 is 16.3 Å². The van der Waals surface area contributed by atoms with Gasteiger partial charge < -0.3 is 24.6 Å². The number of aromatic nitrogens is 2. The lowest BCUT2D eigenvalue weighted by Gasteiger charge is -2.40. The molecule has 6 atom stereocenters. The molecule has 8 rings (SSSR count). The Labute approximate surface area is 367 Å². The number of aryl methyl sites for hydroxylation is 1. The Morgan fingerprint density at radius 3 is 2.35 bits per heavy atom. The van der Waals surface area contributed by atoms with Gasteiger partial charge in [0.05, 0.1) is 24.2 Å². The maximum atomic E-state index is 14.9. The van der Waals surface area contributed by atoms with Gasteiger partial charge in [0.15, 0.2) is 0 Å². The summed E-state index contributed by atoms with van der Waals surface area (Å²) in [4.78, 5) is 86.8. The highest BCUT2D eigenvalue weighted by Crippen LogP contribution is 2.37. The molecule has 63 heavy (non-hydrogen) atoms. The largest absolute Gasteiger partial charge is 0.445 e. The molecule has 4 saturated heterocycles. The van der Waals surface area contributed by atoms with Gasteiger partial charge in [-0.3, -0.25) is 38.5 Å². The van der Waals surface area contributed by atoms with Crippen molar-refractivity contribution in [3.05, 3.63) is 106 Å². The Bertz CT molecular complexity index is 2390. The van der Waals surface area contributed by atoms with Crippen molar-refractivity contribution >= 4 is 40.8 Å². The number of morpholine rings is 1. The minimum Gasteiger partial charge on any atom is -0.445 e. The summed E-state index contributed by atoms with van der Waals surface area (Å²) >= 11 is 0. The molecule has 2 unspecified atom stereocenters.